The van der Waals surface area contributed by atoms with Crippen molar-refractivity contribution in [2.45, 2.75) is 25.7 Å². The quantitative estimate of drug-likeness (QED) is 0.193. The van der Waals surface area contributed by atoms with Gasteiger partial charge in [-0.15, -0.1) is 0 Å². The largest absolute Gasteiger partial charge is 0.264 e. The average Bonchev–Trinajstić information content (AvgIpc) is 3.18. The first-order chi connectivity index (χ1) is 23.8. The third-order valence-electron chi connectivity index (χ3n) is 9.52. The van der Waals surface area contributed by atoms with Crippen LogP contribution in [0.5, 0.6) is 0 Å². The van der Waals surface area contributed by atoms with Crippen LogP contribution < -0.4 is 0 Å². The van der Waals surface area contributed by atoms with Gasteiger partial charge in [0.15, 0.2) is 17.5 Å². The van der Waals surface area contributed by atoms with Gasteiger partial charge in [0, 0.05) is 34.6 Å². The smallest absolute Gasteiger partial charge is 0.164 e. The van der Waals surface area contributed by atoms with Crippen LogP contribution in [0.3, 0.4) is 0 Å². The Bertz CT molecular complexity index is 2320. The summed E-state index contributed by atoms with van der Waals surface area (Å²) in [6.07, 6.45) is 17.5. The van der Waals surface area contributed by atoms with Gasteiger partial charge in [-0.05, 0) is 106 Å². The molecule has 0 saturated heterocycles. The zero-order chi connectivity index (χ0) is 31.9. The summed E-state index contributed by atoms with van der Waals surface area (Å²) in [5.41, 5.74) is 13.1. The lowest BCUT2D eigenvalue weighted by molar-refractivity contribution is 0.911. The summed E-state index contributed by atoms with van der Waals surface area (Å²) in [7, 11) is 0. The number of allylic oxidation sites excluding steroid dienone is 2. The van der Waals surface area contributed by atoms with Gasteiger partial charge in [0.1, 0.15) is 0 Å². The number of hydrogen-bond acceptors (Lipinski definition) is 4. The van der Waals surface area contributed by atoms with E-state index >= 15 is 0 Å². The van der Waals surface area contributed by atoms with Crippen molar-refractivity contribution in [3.63, 3.8) is 0 Å². The van der Waals surface area contributed by atoms with E-state index in [0.717, 1.165) is 64.6 Å². The second kappa shape index (κ2) is 12.0. The number of benzene rings is 5. The van der Waals surface area contributed by atoms with Crippen LogP contribution in [0, 0.1) is 0 Å². The van der Waals surface area contributed by atoms with Crippen LogP contribution in [0.4, 0.5) is 0 Å². The van der Waals surface area contributed by atoms with Crippen LogP contribution in [0.15, 0.2) is 134 Å². The Kier molecular flexibility index (Phi) is 7.05. The predicted octanol–water partition coefficient (Wildman–Crippen LogP) is 10.7. The molecule has 9 rings (SSSR count). The molecule has 0 amide bonds. The average molecular weight is 617 g/mol. The first-order valence-corrected chi connectivity index (χ1v) is 16.7. The highest BCUT2D eigenvalue weighted by Crippen LogP contribution is 2.40. The van der Waals surface area contributed by atoms with E-state index < -0.39 is 0 Å². The Morgan fingerprint density at radius 1 is 0.417 bits per heavy atom. The van der Waals surface area contributed by atoms with Gasteiger partial charge in [-0.25, -0.2) is 15.0 Å². The summed E-state index contributed by atoms with van der Waals surface area (Å²) in [6.45, 7) is 0. The van der Waals surface area contributed by atoms with E-state index in [1.54, 1.807) is 0 Å². The van der Waals surface area contributed by atoms with E-state index in [1.165, 1.54) is 33.0 Å². The van der Waals surface area contributed by atoms with Gasteiger partial charge in [-0.1, -0.05) is 103 Å². The topological polar surface area (TPSA) is 51.6 Å². The van der Waals surface area contributed by atoms with E-state index in [4.69, 9.17) is 15.0 Å². The molecule has 0 N–H and O–H groups in total. The zero-order valence-electron chi connectivity index (χ0n) is 26.5. The van der Waals surface area contributed by atoms with Crippen LogP contribution in [0.1, 0.15) is 35.1 Å². The molecule has 48 heavy (non-hydrogen) atoms. The van der Waals surface area contributed by atoms with Crippen molar-refractivity contribution in [2.75, 3.05) is 0 Å². The minimum absolute atomic E-state index is 0.634. The van der Waals surface area contributed by atoms with E-state index in [1.807, 2.05) is 79.1 Å². The molecule has 0 spiro atoms. The van der Waals surface area contributed by atoms with E-state index in [-0.39, 0.29) is 0 Å². The fourth-order valence-electron chi connectivity index (χ4n) is 7.20. The molecule has 0 saturated carbocycles. The Labute approximate surface area is 280 Å². The Morgan fingerprint density at radius 2 is 0.958 bits per heavy atom. The summed E-state index contributed by atoms with van der Waals surface area (Å²) in [5.74, 6) is 1.93. The van der Waals surface area contributed by atoms with Crippen LogP contribution >= 0.6 is 0 Å². The lowest BCUT2D eigenvalue weighted by Gasteiger charge is -2.24. The zero-order valence-corrected chi connectivity index (χ0v) is 26.5. The number of rotatable bonds is 5. The summed E-state index contributed by atoms with van der Waals surface area (Å²) in [4.78, 5) is 19.5. The van der Waals surface area contributed by atoms with Gasteiger partial charge in [-0.3, -0.25) is 4.98 Å². The molecular formula is C44H32N4. The van der Waals surface area contributed by atoms with Crippen molar-refractivity contribution in [3.05, 3.63) is 156 Å². The standard InChI is InChI=1S/C44H32N4/c1-3-12-29(13-4-1)42-46-43(30-14-5-2-6-15-30)48-44(47-42)35-25-33(24-34(26-35)32-16-11-23-45-28-32)31-21-22-40-38-19-8-7-17-36(38)37-18-9-10-20-39(37)41(40)27-31/h1-6,8,10-16,19-28H,7,9,17-18H2. The number of hydrogen-bond donors (Lipinski definition) is 0. The molecule has 0 radical (unpaired) electrons. The van der Waals surface area contributed by atoms with Crippen molar-refractivity contribution < 1.29 is 0 Å². The normalized spacial score (nSPS) is 13.3. The van der Waals surface area contributed by atoms with Crippen LogP contribution in [0.25, 0.3) is 79.3 Å². The van der Waals surface area contributed by atoms with Crippen molar-refractivity contribution >= 4 is 22.9 Å². The van der Waals surface area contributed by atoms with Gasteiger partial charge in [0.25, 0.3) is 0 Å². The highest BCUT2D eigenvalue weighted by molar-refractivity contribution is 6.02. The molecule has 228 valence electrons. The molecule has 4 nitrogen and oxygen atoms in total. The van der Waals surface area contributed by atoms with Crippen molar-refractivity contribution in [1.29, 1.82) is 0 Å². The van der Waals surface area contributed by atoms with E-state index in [9.17, 15) is 0 Å². The number of aromatic nitrogens is 4. The van der Waals surface area contributed by atoms with E-state index in [2.05, 4.69) is 71.8 Å². The van der Waals surface area contributed by atoms with Crippen molar-refractivity contribution in [2.24, 2.45) is 0 Å². The van der Waals surface area contributed by atoms with E-state index in [0.29, 0.717) is 17.5 Å². The molecular weight excluding hydrogens is 585 g/mol. The Balaban J connectivity index is 1.27. The highest BCUT2D eigenvalue weighted by Gasteiger charge is 2.21. The summed E-state index contributed by atoms with van der Waals surface area (Å²) >= 11 is 0. The molecule has 0 fully saturated rings. The third-order valence-corrected chi connectivity index (χ3v) is 9.52. The Hall–Kier alpha value is -6.00. The van der Waals surface area contributed by atoms with Gasteiger partial charge < -0.3 is 0 Å². The third kappa shape index (κ3) is 5.12. The van der Waals surface area contributed by atoms with Crippen LogP contribution in [0.2, 0.25) is 0 Å². The molecule has 0 aliphatic heterocycles. The van der Waals surface area contributed by atoms with Crippen molar-refractivity contribution in [3.8, 4) is 56.4 Å². The fourth-order valence-corrected chi connectivity index (χ4v) is 7.20. The SMILES string of the molecule is C1=Cc2c(c3c(c4cc(-c5cc(-c6cccnc6)cc(-c6nc(-c7ccccc7)nc(-c7ccccc7)n6)c5)ccc24)C=CCC3)CC1. The molecule has 7 aromatic rings. The molecule has 0 unspecified atom stereocenters. The molecule has 2 aliphatic rings. The molecule has 0 bridgehead atoms. The first kappa shape index (κ1) is 28.2. The second-order valence-corrected chi connectivity index (χ2v) is 12.5. The minimum Gasteiger partial charge on any atom is -0.264 e. The lowest BCUT2D eigenvalue weighted by Crippen LogP contribution is -2.07. The lowest BCUT2D eigenvalue weighted by atomic mass is 9.80. The monoisotopic (exact) mass is 616 g/mol. The van der Waals surface area contributed by atoms with Gasteiger partial charge in [0.2, 0.25) is 0 Å². The maximum Gasteiger partial charge on any atom is 0.164 e. The van der Waals surface area contributed by atoms with Crippen LogP contribution in [-0.4, -0.2) is 19.9 Å². The molecule has 2 aromatic heterocycles. The number of nitrogens with zero attached hydrogens (tertiary/aromatic N) is 4. The molecule has 5 aromatic carbocycles. The Morgan fingerprint density at radius 3 is 1.56 bits per heavy atom. The predicted molar refractivity (Wildman–Crippen MR) is 197 cm³/mol. The first-order valence-electron chi connectivity index (χ1n) is 16.7. The molecule has 0 atom stereocenters. The summed E-state index contributed by atoms with van der Waals surface area (Å²) in [5, 5.41) is 2.64. The molecule has 2 heterocycles. The molecule has 2 aliphatic carbocycles. The van der Waals surface area contributed by atoms with Crippen LogP contribution in [-0.2, 0) is 12.8 Å². The molecule has 4 heteroatoms. The van der Waals surface area contributed by atoms with Crippen molar-refractivity contribution in [1.82, 2.24) is 19.9 Å². The minimum atomic E-state index is 0.634. The number of pyridine rings is 1. The number of fused-ring (bicyclic) bond motifs is 6. The summed E-state index contributed by atoms with van der Waals surface area (Å²) in [6, 6.07) is 38.0. The fraction of sp³-hybridized carbons (Fsp3) is 0.0909. The maximum absolute atomic E-state index is 5.07. The highest BCUT2D eigenvalue weighted by atomic mass is 15.0. The summed E-state index contributed by atoms with van der Waals surface area (Å²) < 4.78 is 0. The van der Waals surface area contributed by atoms with Gasteiger partial charge in [-0.2, -0.15) is 0 Å². The van der Waals surface area contributed by atoms with Gasteiger partial charge in [0.05, 0.1) is 0 Å². The second-order valence-electron chi connectivity index (χ2n) is 12.5. The maximum atomic E-state index is 5.07. The van der Waals surface area contributed by atoms with Gasteiger partial charge >= 0.3 is 0 Å².